The molecular weight excluding hydrogens is 1260 g/mol. The average molecular weight is 1410 g/mol. The first-order valence-electron chi connectivity index (χ1n) is 39.2. The molecule has 0 amide bonds. The maximum Gasteiger partial charge on any atom is 0.472 e. The minimum Gasteiger partial charge on any atom is -0.462 e. The largest absolute Gasteiger partial charge is 0.472 e. The molecule has 0 aliphatic carbocycles. The van der Waals surface area contributed by atoms with Gasteiger partial charge in [-0.05, 0) is 69.1 Å². The fourth-order valence-corrected chi connectivity index (χ4v) is 12.8. The van der Waals surface area contributed by atoms with Crippen LogP contribution in [-0.2, 0) is 65.4 Å². The van der Waals surface area contributed by atoms with E-state index >= 15 is 0 Å². The summed E-state index contributed by atoms with van der Waals surface area (Å²) in [6, 6.07) is 0. The van der Waals surface area contributed by atoms with Gasteiger partial charge in [0.1, 0.15) is 19.3 Å². The third-order valence-electron chi connectivity index (χ3n) is 17.6. The molecule has 0 saturated heterocycles. The molecule has 3 unspecified atom stereocenters. The molecule has 0 radical (unpaired) electrons. The molecule has 0 aromatic carbocycles. The number of phosphoric ester groups is 2. The molecule has 19 heteroatoms. The topological polar surface area (TPSA) is 237 Å². The van der Waals surface area contributed by atoms with Gasteiger partial charge in [0, 0.05) is 25.7 Å². The smallest absolute Gasteiger partial charge is 0.462 e. The van der Waals surface area contributed by atoms with E-state index in [9.17, 15) is 43.2 Å². The molecule has 6 atom stereocenters. The number of hydrogen-bond donors (Lipinski definition) is 3. The third kappa shape index (κ3) is 68.7. The molecule has 0 fully saturated rings. The molecule has 17 nitrogen and oxygen atoms in total. The van der Waals surface area contributed by atoms with Gasteiger partial charge >= 0.3 is 39.5 Å². The van der Waals surface area contributed by atoms with Crippen LogP contribution in [0.25, 0.3) is 0 Å². The van der Waals surface area contributed by atoms with Crippen molar-refractivity contribution >= 4 is 39.5 Å². The number of allylic oxidation sites excluding steroid dienone is 4. The van der Waals surface area contributed by atoms with E-state index in [1.54, 1.807) is 0 Å². The normalized spacial score (nSPS) is 14.5. The molecular formula is C77H146O17P2. The number of ether oxygens (including phenoxy) is 4. The molecule has 96 heavy (non-hydrogen) atoms. The van der Waals surface area contributed by atoms with Crippen molar-refractivity contribution in [1.82, 2.24) is 0 Å². The highest BCUT2D eigenvalue weighted by Crippen LogP contribution is 2.45. The van der Waals surface area contributed by atoms with Gasteiger partial charge in [-0.15, -0.1) is 0 Å². The Morgan fingerprint density at radius 1 is 0.344 bits per heavy atom. The van der Waals surface area contributed by atoms with E-state index < -0.39 is 97.5 Å². The second kappa shape index (κ2) is 67.1. The lowest BCUT2D eigenvalue weighted by atomic mass is 10.00. The van der Waals surface area contributed by atoms with Crippen molar-refractivity contribution in [3.63, 3.8) is 0 Å². The van der Waals surface area contributed by atoms with Crippen molar-refractivity contribution in [2.75, 3.05) is 39.6 Å². The van der Waals surface area contributed by atoms with Crippen LogP contribution in [0.1, 0.15) is 370 Å². The molecule has 3 N–H and O–H groups in total. The number of rotatable bonds is 73. The predicted octanol–water partition coefficient (Wildman–Crippen LogP) is 22.1. The van der Waals surface area contributed by atoms with Crippen molar-refractivity contribution in [3.05, 3.63) is 24.3 Å². The van der Waals surface area contributed by atoms with Gasteiger partial charge in [0.05, 0.1) is 26.4 Å². The standard InChI is InChI=1S/C77H146O17P2/c1-8-10-11-12-13-14-15-16-18-22-25-32-37-46-53-60-76(81)93-72(64-87-74(79)58-51-44-36-31-28-27-30-35-42-49-56-69(5)6)66-91-95(83,84)89-62-71(78)63-90-96(85,86)92-67-73(65-88-75(80)59-52-45-40-39-43-50-57-70(7)9-2)94-77(82)61-54-47-38-33-26-23-20-17-19-21-24-29-34-41-48-55-68(3)4/h14-16,18,68-73,78H,8-13,17,19-67H2,1-7H3,(H,83,84)(H,85,86)/b15-14-,18-16-/t70?,71-,72-,73-/m1/s1. The van der Waals surface area contributed by atoms with Crippen LogP contribution in [0.5, 0.6) is 0 Å². The monoisotopic (exact) mass is 1410 g/mol. The quantitative estimate of drug-likeness (QED) is 0.0169. The SMILES string of the molecule is CCCCCC/C=C\C=C/CCCCCCCC(=O)O[C@H](COC(=O)CCCCCCCCCCCCC(C)C)COP(=O)(O)OC[C@@H](O)COP(=O)(O)OC[C@@H](COC(=O)CCCCCCCCC(C)CC)OC(=O)CCCCCCCCCCCCCCCCCC(C)C. The zero-order valence-corrected chi connectivity index (χ0v) is 64.1. The first-order valence-corrected chi connectivity index (χ1v) is 42.2. The molecule has 0 aliphatic rings. The Bertz CT molecular complexity index is 1970. The molecule has 0 heterocycles. The third-order valence-corrected chi connectivity index (χ3v) is 19.5. The molecule has 0 saturated carbocycles. The van der Waals surface area contributed by atoms with Crippen LogP contribution in [0.3, 0.4) is 0 Å². The summed E-state index contributed by atoms with van der Waals surface area (Å²) in [4.78, 5) is 72.8. The molecule has 0 rings (SSSR count). The Kier molecular flexibility index (Phi) is 65.3. The summed E-state index contributed by atoms with van der Waals surface area (Å²) in [5.41, 5.74) is 0. The number of carbonyl (C=O) groups is 4. The van der Waals surface area contributed by atoms with Gasteiger partial charge in [0.2, 0.25) is 0 Å². The lowest BCUT2D eigenvalue weighted by molar-refractivity contribution is -0.161. The van der Waals surface area contributed by atoms with Crippen LogP contribution in [0.15, 0.2) is 24.3 Å². The molecule has 0 bridgehead atoms. The number of aliphatic hydroxyl groups is 1. The van der Waals surface area contributed by atoms with E-state index in [4.69, 9.17) is 37.0 Å². The number of hydrogen-bond acceptors (Lipinski definition) is 15. The van der Waals surface area contributed by atoms with E-state index in [1.165, 1.54) is 161 Å². The van der Waals surface area contributed by atoms with Crippen molar-refractivity contribution in [2.24, 2.45) is 17.8 Å². The van der Waals surface area contributed by atoms with Gasteiger partial charge in [-0.3, -0.25) is 37.3 Å². The van der Waals surface area contributed by atoms with Crippen molar-refractivity contribution in [2.45, 2.75) is 388 Å². The van der Waals surface area contributed by atoms with Crippen molar-refractivity contribution in [1.29, 1.82) is 0 Å². The van der Waals surface area contributed by atoms with Crippen LogP contribution in [0.4, 0.5) is 0 Å². The highest BCUT2D eigenvalue weighted by atomic mass is 31.2. The first-order chi connectivity index (χ1) is 46.3. The van der Waals surface area contributed by atoms with E-state index in [2.05, 4.69) is 72.8 Å². The fourth-order valence-electron chi connectivity index (χ4n) is 11.2. The maximum absolute atomic E-state index is 13.1. The van der Waals surface area contributed by atoms with Gasteiger partial charge in [0.15, 0.2) is 12.2 Å². The molecule has 0 aliphatic heterocycles. The van der Waals surface area contributed by atoms with Crippen LogP contribution < -0.4 is 0 Å². The van der Waals surface area contributed by atoms with Crippen LogP contribution in [0, 0.1) is 17.8 Å². The number of aliphatic hydroxyl groups excluding tert-OH is 1. The summed E-state index contributed by atoms with van der Waals surface area (Å²) in [5.74, 6) is 0.138. The Hall–Kier alpha value is -2.46. The van der Waals surface area contributed by atoms with E-state index in [0.29, 0.717) is 25.7 Å². The number of esters is 4. The lowest BCUT2D eigenvalue weighted by Gasteiger charge is -2.21. The summed E-state index contributed by atoms with van der Waals surface area (Å²) in [6.07, 6.45) is 56.3. The summed E-state index contributed by atoms with van der Waals surface area (Å²) in [7, 11) is -9.93. The zero-order valence-electron chi connectivity index (χ0n) is 62.3. The fraction of sp³-hybridized carbons (Fsp3) is 0.896. The van der Waals surface area contributed by atoms with Gasteiger partial charge in [-0.25, -0.2) is 9.13 Å². The molecule has 566 valence electrons. The molecule has 0 spiro atoms. The summed E-state index contributed by atoms with van der Waals surface area (Å²) in [5, 5.41) is 10.6. The van der Waals surface area contributed by atoms with E-state index in [-0.39, 0.29) is 25.7 Å². The Labute approximate surface area is 586 Å². The van der Waals surface area contributed by atoms with Gasteiger partial charge in [0.25, 0.3) is 0 Å². The highest BCUT2D eigenvalue weighted by Gasteiger charge is 2.30. The second-order valence-corrected chi connectivity index (χ2v) is 31.2. The summed E-state index contributed by atoms with van der Waals surface area (Å²) >= 11 is 0. The molecule has 0 aromatic rings. The minimum atomic E-state index is -4.97. The Balaban J connectivity index is 5.28. The van der Waals surface area contributed by atoms with E-state index in [0.717, 1.165) is 127 Å². The number of unbranched alkanes of at least 4 members (excludes halogenated alkanes) is 37. The number of carbonyl (C=O) groups excluding carboxylic acids is 4. The van der Waals surface area contributed by atoms with E-state index in [1.807, 2.05) is 0 Å². The van der Waals surface area contributed by atoms with Crippen molar-refractivity contribution < 1.29 is 80.2 Å². The average Bonchev–Trinajstić information content (AvgIpc) is 1.52. The Morgan fingerprint density at radius 2 is 0.615 bits per heavy atom. The van der Waals surface area contributed by atoms with Crippen LogP contribution >= 0.6 is 15.6 Å². The maximum atomic E-state index is 13.1. The zero-order chi connectivity index (χ0) is 70.9. The van der Waals surface area contributed by atoms with Gasteiger partial charge < -0.3 is 33.8 Å². The predicted molar refractivity (Wildman–Crippen MR) is 390 cm³/mol. The molecule has 0 aromatic heterocycles. The highest BCUT2D eigenvalue weighted by molar-refractivity contribution is 7.47. The first kappa shape index (κ1) is 93.5. The van der Waals surface area contributed by atoms with Crippen LogP contribution in [0.2, 0.25) is 0 Å². The lowest BCUT2D eigenvalue weighted by Crippen LogP contribution is -2.30. The van der Waals surface area contributed by atoms with Crippen LogP contribution in [-0.4, -0.2) is 96.7 Å². The summed E-state index contributed by atoms with van der Waals surface area (Å²) < 4.78 is 68.5. The Morgan fingerprint density at radius 3 is 0.927 bits per heavy atom. The minimum absolute atomic E-state index is 0.0845. The second-order valence-electron chi connectivity index (χ2n) is 28.3. The summed E-state index contributed by atoms with van der Waals surface area (Å²) in [6.45, 7) is 11.8. The number of phosphoric acid groups is 2. The van der Waals surface area contributed by atoms with Gasteiger partial charge in [-0.2, -0.15) is 0 Å². The van der Waals surface area contributed by atoms with Crippen molar-refractivity contribution in [3.8, 4) is 0 Å². The van der Waals surface area contributed by atoms with Gasteiger partial charge in [-0.1, -0.05) is 317 Å².